The van der Waals surface area contributed by atoms with Crippen LogP contribution in [0.2, 0.25) is 15.2 Å². The smallest absolute Gasteiger partial charge is 0.166 e. The average molecular weight is 395 g/mol. The van der Waals surface area contributed by atoms with Gasteiger partial charge in [-0.15, -0.1) is 0 Å². The Kier molecular flexibility index (Phi) is 5.10. The Bertz CT molecular complexity index is 679. The number of hydrazone groups is 1. The molecule has 0 radical (unpaired) electrons. The molecule has 0 aliphatic carbocycles. The number of benzene rings is 1. The van der Waals surface area contributed by atoms with Gasteiger partial charge < -0.3 is 5.11 Å². The summed E-state index contributed by atoms with van der Waals surface area (Å²) in [6.45, 7) is 0. The van der Waals surface area contributed by atoms with Gasteiger partial charge in [0.15, 0.2) is 5.82 Å². The monoisotopic (exact) mass is 393 g/mol. The minimum atomic E-state index is 0.104. The van der Waals surface area contributed by atoms with Crippen molar-refractivity contribution in [3.05, 3.63) is 49.5 Å². The van der Waals surface area contributed by atoms with Crippen molar-refractivity contribution >= 4 is 62.8 Å². The van der Waals surface area contributed by atoms with E-state index in [1.807, 2.05) is 0 Å². The van der Waals surface area contributed by atoms with Crippen LogP contribution in [0.25, 0.3) is 0 Å². The van der Waals surface area contributed by atoms with Crippen molar-refractivity contribution in [2.45, 2.75) is 0 Å². The number of halogens is 4. The van der Waals surface area contributed by atoms with Crippen molar-refractivity contribution in [2.75, 3.05) is 5.43 Å². The van der Waals surface area contributed by atoms with Crippen molar-refractivity contribution < 1.29 is 5.11 Å². The normalized spacial score (nSPS) is 11.0. The molecular weight excluding hydrogens is 388 g/mol. The first-order valence-corrected chi connectivity index (χ1v) is 7.19. The Morgan fingerprint density at radius 3 is 2.70 bits per heavy atom. The third-order valence-corrected chi connectivity index (χ3v) is 3.70. The molecule has 0 unspecified atom stereocenters. The highest BCUT2D eigenvalue weighted by atomic mass is 79.9. The molecule has 2 rings (SSSR count). The summed E-state index contributed by atoms with van der Waals surface area (Å²) < 4.78 is 0.822. The van der Waals surface area contributed by atoms with Gasteiger partial charge in [-0.05, 0) is 24.3 Å². The van der Waals surface area contributed by atoms with E-state index < -0.39 is 0 Å². The van der Waals surface area contributed by atoms with Crippen LogP contribution < -0.4 is 5.43 Å². The summed E-state index contributed by atoms with van der Waals surface area (Å²) in [5.74, 6) is 0.374. The van der Waals surface area contributed by atoms with E-state index in [1.54, 1.807) is 18.2 Å². The van der Waals surface area contributed by atoms with Crippen LogP contribution in [0.5, 0.6) is 5.75 Å². The summed E-state index contributed by atoms with van der Waals surface area (Å²) >= 11 is 20.8. The molecule has 0 atom stereocenters. The predicted molar refractivity (Wildman–Crippen MR) is 86.3 cm³/mol. The number of nitrogens with one attached hydrogen (secondary N) is 1. The van der Waals surface area contributed by atoms with Gasteiger partial charge in [0.05, 0.1) is 16.3 Å². The van der Waals surface area contributed by atoms with Crippen LogP contribution in [-0.4, -0.2) is 16.3 Å². The Labute approximate surface area is 138 Å². The molecule has 2 aromatic rings. The first kappa shape index (κ1) is 15.4. The number of aromatic nitrogens is 1. The number of hydrogen-bond donors (Lipinski definition) is 2. The standard InChI is InChI=1S/C12H7BrCl3N3O/c13-7-1-2-10(20)6(3-7)5-17-19-12-9(15)4-8(14)11(16)18-12/h1-5,20H,(H,18,19). The van der Waals surface area contributed by atoms with Crippen molar-refractivity contribution in [1.82, 2.24) is 4.98 Å². The van der Waals surface area contributed by atoms with Gasteiger partial charge in [0.2, 0.25) is 0 Å². The lowest BCUT2D eigenvalue weighted by molar-refractivity contribution is 0.474. The molecule has 1 aromatic carbocycles. The van der Waals surface area contributed by atoms with Gasteiger partial charge in [0.25, 0.3) is 0 Å². The Morgan fingerprint density at radius 2 is 1.95 bits per heavy atom. The van der Waals surface area contributed by atoms with Crippen molar-refractivity contribution in [3.8, 4) is 5.75 Å². The third kappa shape index (κ3) is 3.76. The highest BCUT2D eigenvalue weighted by Crippen LogP contribution is 2.28. The van der Waals surface area contributed by atoms with Crippen LogP contribution in [0, 0.1) is 0 Å². The number of pyridine rings is 1. The van der Waals surface area contributed by atoms with E-state index in [-0.39, 0.29) is 26.8 Å². The number of aromatic hydroxyl groups is 1. The second-order valence-electron chi connectivity index (χ2n) is 3.66. The molecule has 0 amide bonds. The molecule has 104 valence electrons. The second-order valence-corrected chi connectivity index (χ2v) is 5.75. The number of nitrogens with zero attached hydrogens (tertiary/aromatic N) is 2. The summed E-state index contributed by atoms with van der Waals surface area (Å²) in [5.41, 5.74) is 3.16. The van der Waals surface area contributed by atoms with Crippen LogP contribution in [0.3, 0.4) is 0 Å². The topological polar surface area (TPSA) is 57.5 Å². The molecule has 20 heavy (non-hydrogen) atoms. The fourth-order valence-corrected chi connectivity index (χ4v) is 2.23. The average Bonchev–Trinajstić information content (AvgIpc) is 2.39. The van der Waals surface area contributed by atoms with E-state index >= 15 is 0 Å². The van der Waals surface area contributed by atoms with Gasteiger partial charge in [0, 0.05) is 10.0 Å². The maximum absolute atomic E-state index is 9.65. The van der Waals surface area contributed by atoms with Gasteiger partial charge in [-0.3, -0.25) is 5.43 Å². The van der Waals surface area contributed by atoms with Gasteiger partial charge in [-0.1, -0.05) is 50.7 Å². The van der Waals surface area contributed by atoms with Gasteiger partial charge in [-0.2, -0.15) is 5.10 Å². The van der Waals surface area contributed by atoms with E-state index in [2.05, 4.69) is 31.4 Å². The number of rotatable bonds is 3. The Hall–Kier alpha value is -1.01. The highest BCUT2D eigenvalue weighted by molar-refractivity contribution is 9.10. The van der Waals surface area contributed by atoms with Crippen LogP contribution in [-0.2, 0) is 0 Å². The van der Waals surface area contributed by atoms with Crippen molar-refractivity contribution in [1.29, 1.82) is 0 Å². The van der Waals surface area contributed by atoms with E-state index in [0.717, 1.165) is 4.47 Å². The van der Waals surface area contributed by atoms with Crippen molar-refractivity contribution in [2.24, 2.45) is 5.10 Å². The van der Waals surface area contributed by atoms with E-state index in [4.69, 9.17) is 34.8 Å². The third-order valence-electron chi connectivity index (χ3n) is 2.25. The van der Waals surface area contributed by atoms with Crippen LogP contribution in [0.1, 0.15) is 5.56 Å². The summed E-state index contributed by atoms with van der Waals surface area (Å²) in [6, 6.07) is 6.45. The molecular formula is C12H7BrCl3N3O. The number of anilines is 1. The van der Waals surface area contributed by atoms with E-state index in [0.29, 0.717) is 5.56 Å². The lowest BCUT2D eigenvalue weighted by Crippen LogP contribution is -1.95. The fourth-order valence-electron chi connectivity index (χ4n) is 1.31. The molecule has 1 heterocycles. The summed E-state index contributed by atoms with van der Waals surface area (Å²) in [6.07, 6.45) is 1.43. The number of phenols is 1. The Balaban J connectivity index is 2.18. The fraction of sp³-hybridized carbons (Fsp3) is 0. The SMILES string of the molecule is Oc1ccc(Br)cc1C=NNc1nc(Cl)c(Cl)cc1Cl. The maximum atomic E-state index is 9.65. The Morgan fingerprint density at radius 1 is 1.20 bits per heavy atom. The maximum Gasteiger partial charge on any atom is 0.166 e. The molecule has 2 N–H and O–H groups in total. The zero-order valence-electron chi connectivity index (χ0n) is 9.74. The molecule has 1 aromatic heterocycles. The molecule has 0 spiro atoms. The van der Waals surface area contributed by atoms with E-state index in [9.17, 15) is 5.11 Å². The highest BCUT2D eigenvalue weighted by Gasteiger charge is 2.06. The molecule has 0 bridgehead atoms. The predicted octanol–water partition coefficient (Wildman–Crippen LogP) is 4.96. The minimum Gasteiger partial charge on any atom is -0.507 e. The largest absolute Gasteiger partial charge is 0.507 e. The lowest BCUT2D eigenvalue weighted by atomic mass is 10.2. The first-order chi connectivity index (χ1) is 9.47. The van der Waals surface area contributed by atoms with Gasteiger partial charge in [-0.25, -0.2) is 4.98 Å². The van der Waals surface area contributed by atoms with Crippen LogP contribution in [0.15, 0.2) is 33.8 Å². The summed E-state index contributed by atoms with van der Waals surface area (Å²) in [4.78, 5) is 3.95. The summed E-state index contributed by atoms with van der Waals surface area (Å²) in [7, 11) is 0. The number of hydrogen-bond acceptors (Lipinski definition) is 4. The molecule has 4 nitrogen and oxygen atoms in total. The van der Waals surface area contributed by atoms with Crippen LogP contribution in [0.4, 0.5) is 5.82 Å². The second kappa shape index (κ2) is 6.63. The first-order valence-electron chi connectivity index (χ1n) is 5.26. The zero-order valence-corrected chi connectivity index (χ0v) is 13.6. The molecule has 0 aliphatic rings. The minimum absolute atomic E-state index is 0.104. The molecule has 8 heteroatoms. The lowest BCUT2D eigenvalue weighted by Gasteiger charge is -2.04. The number of phenolic OH excluding ortho intramolecular Hbond substituents is 1. The quantitative estimate of drug-likeness (QED) is 0.439. The summed E-state index contributed by atoms with van der Waals surface area (Å²) in [5, 5.41) is 14.3. The van der Waals surface area contributed by atoms with Crippen molar-refractivity contribution in [3.63, 3.8) is 0 Å². The molecule has 0 aliphatic heterocycles. The van der Waals surface area contributed by atoms with Gasteiger partial charge in [0.1, 0.15) is 10.9 Å². The zero-order chi connectivity index (χ0) is 14.7. The molecule has 0 saturated heterocycles. The molecule has 0 saturated carbocycles. The van der Waals surface area contributed by atoms with Crippen LogP contribution >= 0.6 is 50.7 Å². The molecule has 0 fully saturated rings. The van der Waals surface area contributed by atoms with Gasteiger partial charge >= 0.3 is 0 Å². The van der Waals surface area contributed by atoms with E-state index in [1.165, 1.54) is 12.3 Å².